The zero-order valence-corrected chi connectivity index (χ0v) is 14.5. The maximum atomic E-state index is 12.3. The summed E-state index contributed by atoms with van der Waals surface area (Å²) >= 11 is 0. The van der Waals surface area contributed by atoms with E-state index in [0.717, 1.165) is 16.9 Å². The molecule has 0 bridgehead atoms. The number of para-hydroxylation sites is 1. The molecule has 0 fully saturated rings. The van der Waals surface area contributed by atoms with E-state index in [1.807, 2.05) is 61.5 Å². The van der Waals surface area contributed by atoms with E-state index in [1.54, 1.807) is 0 Å². The first-order valence-electron chi connectivity index (χ1n) is 8.44. The van der Waals surface area contributed by atoms with Crippen LogP contribution >= 0.6 is 0 Å². The number of oxazole rings is 1. The molecule has 1 unspecified atom stereocenters. The van der Waals surface area contributed by atoms with Crippen LogP contribution in [0.3, 0.4) is 0 Å². The van der Waals surface area contributed by atoms with Crippen LogP contribution in [0.5, 0.6) is 5.75 Å². The number of nitrogens with one attached hydrogen (secondary N) is 1. The Kier molecular flexibility index (Phi) is 5.66. The van der Waals surface area contributed by atoms with Gasteiger partial charge >= 0.3 is 0 Å². The number of hydrogen-bond donors (Lipinski definition) is 2. The molecule has 6 nitrogen and oxygen atoms in total. The van der Waals surface area contributed by atoms with E-state index in [1.165, 1.54) is 6.26 Å². The molecule has 3 rings (SSSR count). The van der Waals surface area contributed by atoms with E-state index in [-0.39, 0.29) is 11.6 Å². The highest BCUT2D eigenvalue weighted by molar-refractivity contribution is 5.91. The first kappa shape index (κ1) is 17.7. The molecule has 6 heteroatoms. The number of aromatic nitrogens is 1. The van der Waals surface area contributed by atoms with Crippen LogP contribution in [0, 0.1) is 0 Å². The van der Waals surface area contributed by atoms with Crippen LogP contribution < -0.4 is 15.8 Å². The fourth-order valence-electron chi connectivity index (χ4n) is 2.55. The average molecular weight is 351 g/mol. The Balaban J connectivity index is 1.65. The van der Waals surface area contributed by atoms with E-state index in [4.69, 9.17) is 14.9 Å². The zero-order valence-electron chi connectivity index (χ0n) is 14.5. The number of benzene rings is 2. The van der Waals surface area contributed by atoms with Crippen molar-refractivity contribution >= 4 is 5.91 Å². The third-order valence-electron chi connectivity index (χ3n) is 3.89. The van der Waals surface area contributed by atoms with Crippen LogP contribution in [-0.2, 0) is 6.54 Å². The fourth-order valence-corrected chi connectivity index (χ4v) is 2.55. The standard InChI is InChI=1S/C20H21N3O3/c1-2-25-17-11-7-6-10-15(17)12-22-19(24)16-13-26-20(23-16)18(21)14-8-4-3-5-9-14/h3-11,13,18H,2,12,21H2,1H3,(H,22,24). The lowest BCUT2D eigenvalue weighted by atomic mass is 10.1. The Bertz CT molecular complexity index is 862. The minimum atomic E-state index is -0.517. The number of hydrogen-bond acceptors (Lipinski definition) is 5. The highest BCUT2D eigenvalue weighted by Gasteiger charge is 2.18. The van der Waals surface area contributed by atoms with E-state index in [0.29, 0.717) is 19.0 Å². The predicted octanol–water partition coefficient (Wildman–Crippen LogP) is 3.05. The van der Waals surface area contributed by atoms with E-state index in [2.05, 4.69) is 10.3 Å². The Labute approximate surface area is 152 Å². The van der Waals surface area contributed by atoms with Crippen molar-refractivity contribution < 1.29 is 13.9 Å². The quantitative estimate of drug-likeness (QED) is 0.683. The van der Waals surface area contributed by atoms with Crippen molar-refractivity contribution in [3.8, 4) is 5.75 Å². The predicted molar refractivity (Wildman–Crippen MR) is 97.8 cm³/mol. The van der Waals surface area contributed by atoms with Gasteiger partial charge in [-0.3, -0.25) is 4.79 Å². The number of carbonyl (C=O) groups excluding carboxylic acids is 1. The summed E-state index contributed by atoms with van der Waals surface area (Å²) in [5, 5.41) is 2.82. The van der Waals surface area contributed by atoms with Crippen molar-refractivity contribution in [3.05, 3.63) is 83.6 Å². The number of amides is 1. The molecule has 1 amide bonds. The lowest BCUT2D eigenvalue weighted by Crippen LogP contribution is -2.23. The molecule has 0 saturated carbocycles. The molecular weight excluding hydrogens is 330 g/mol. The van der Waals surface area contributed by atoms with Crippen LogP contribution in [0.4, 0.5) is 0 Å². The largest absolute Gasteiger partial charge is 0.494 e. The molecule has 0 radical (unpaired) electrons. The zero-order chi connectivity index (χ0) is 18.4. The topological polar surface area (TPSA) is 90.4 Å². The molecule has 3 aromatic rings. The third-order valence-corrected chi connectivity index (χ3v) is 3.89. The van der Waals surface area contributed by atoms with Crippen molar-refractivity contribution in [2.75, 3.05) is 6.61 Å². The average Bonchev–Trinajstić information content (AvgIpc) is 3.18. The van der Waals surface area contributed by atoms with Gasteiger partial charge in [0, 0.05) is 12.1 Å². The number of carbonyl (C=O) groups is 1. The molecule has 0 saturated heterocycles. The normalized spacial score (nSPS) is 11.8. The molecule has 3 N–H and O–H groups in total. The van der Waals surface area contributed by atoms with Crippen LogP contribution in [0.25, 0.3) is 0 Å². The highest BCUT2D eigenvalue weighted by Crippen LogP contribution is 2.20. The van der Waals surface area contributed by atoms with Crippen LogP contribution in [0.1, 0.15) is 40.5 Å². The summed E-state index contributed by atoms with van der Waals surface area (Å²) < 4.78 is 11.0. The lowest BCUT2D eigenvalue weighted by Gasteiger charge is -2.10. The second-order valence-electron chi connectivity index (χ2n) is 5.68. The van der Waals surface area contributed by atoms with Crippen LogP contribution in [0.2, 0.25) is 0 Å². The van der Waals surface area contributed by atoms with Gasteiger partial charge in [0.15, 0.2) is 5.69 Å². The molecule has 0 aliphatic carbocycles. The van der Waals surface area contributed by atoms with Crippen molar-refractivity contribution in [1.82, 2.24) is 10.3 Å². The monoisotopic (exact) mass is 351 g/mol. The molecule has 1 atom stereocenters. The molecule has 1 aromatic heterocycles. The molecular formula is C20H21N3O3. The van der Waals surface area contributed by atoms with Crippen molar-refractivity contribution in [3.63, 3.8) is 0 Å². The van der Waals surface area contributed by atoms with Crippen LogP contribution in [-0.4, -0.2) is 17.5 Å². The second-order valence-corrected chi connectivity index (χ2v) is 5.68. The van der Waals surface area contributed by atoms with Gasteiger partial charge in [0.2, 0.25) is 5.89 Å². The smallest absolute Gasteiger partial charge is 0.273 e. The Morgan fingerprint density at radius 3 is 2.69 bits per heavy atom. The number of nitrogens with two attached hydrogens (primary N) is 1. The van der Waals surface area contributed by atoms with Gasteiger partial charge in [-0.15, -0.1) is 0 Å². The van der Waals surface area contributed by atoms with Gasteiger partial charge in [-0.05, 0) is 18.6 Å². The molecule has 134 valence electrons. The minimum Gasteiger partial charge on any atom is -0.494 e. The SMILES string of the molecule is CCOc1ccccc1CNC(=O)c1coc(C(N)c2ccccc2)n1. The number of rotatable bonds is 7. The molecule has 2 aromatic carbocycles. The number of nitrogens with zero attached hydrogens (tertiary/aromatic N) is 1. The molecule has 0 spiro atoms. The van der Waals surface area contributed by atoms with Gasteiger partial charge in [-0.2, -0.15) is 0 Å². The first-order chi connectivity index (χ1) is 12.7. The first-order valence-corrected chi connectivity index (χ1v) is 8.44. The minimum absolute atomic E-state index is 0.195. The Hall–Kier alpha value is -3.12. The third kappa shape index (κ3) is 4.10. The summed E-state index contributed by atoms with van der Waals surface area (Å²) in [5.41, 5.74) is 8.10. The van der Waals surface area contributed by atoms with Crippen molar-refractivity contribution in [2.45, 2.75) is 19.5 Å². The second kappa shape index (κ2) is 8.31. The Morgan fingerprint density at radius 2 is 1.92 bits per heavy atom. The maximum absolute atomic E-state index is 12.3. The molecule has 26 heavy (non-hydrogen) atoms. The summed E-state index contributed by atoms with van der Waals surface area (Å²) in [6.45, 7) is 2.82. The van der Waals surface area contributed by atoms with E-state index in [9.17, 15) is 4.79 Å². The van der Waals surface area contributed by atoms with Crippen LogP contribution in [0.15, 0.2) is 65.3 Å². The van der Waals surface area contributed by atoms with Gasteiger partial charge in [0.25, 0.3) is 5.91 Å². The van der Waals surface area contributed by atoms with Gasteiger partial charge in [-0.1, -0.05) is 48.5 Å². The van der Waals surface area contributed by atoms with Gasteiger partial charge in [-0.25, -0.2) is 4.98 Å². The van der Waals surface area contributed by atoms with Gasteiger partial charge in [0.05, 0.1) is 6.61 Å². The van der Waals surface area contributed by atoms with Crippen molar-refractivity contribution in [2.24, 2.45) is 5.73 Å². The van der Waals surface area contributed by atoms with Gasteiger partial charge < -0.3 is 20.2 Å². The van der Waals surface area contributed by atoms with E-state index >= 15 is 0 Å². The Morgan fingerprint density at radius 1 is 1.19 bits per heavy atom. The summed E-state index contributed by atoms with van der Waals surface area (Å²) in [5.74, 6) is 0.727. The molecule has 1 heterocycles. The lowest BCUT2D eigenvalue weighted by molar-refractivity contribution is 0.0945. The van der Waals surface area contributed by atoms with E-state index < -0.39 is 6.04 Å². The highest BCUT2D eigenvalue weighted by atomic mass is 16.5. The summed E-state index contributed by atoms with van der Waals surface area (Å²) in [6, 6.07) is 16.5. The molecule has 0 aliphatic rings. The van der Waals surface area contributed by atoms with Gasteiger partial charge in [0.1, 0.15) is 18.1 Å². The fraction of sp³-hybridized carbons (Fsp3) is 0.200. The molecule has 0 aliphatic heterocycles. The maximum Gasteiger partial charge on any atom is 0.273 e. The summed E-state index contributed by atoms with van der Waals surface area (Å²) in [4.78, 5) is 16.6. The summed E-state index contributed by atoms with van der Waals surface area (Å²) in [7, 11) is 0. The number of ether oxygens (including phenoxy) is 1. The van der Waals surface area contributed by atoms with Crippen molar-refractivity contribution in [1.29, 1.82) is 0 Å². The summed E-state index contributed by atoms with van der Waals surface area (Å²) in [6.07, 6.45) is 1.32.